The zero-order valence-corrected chi connectivity index (χ0v) is 12.7. The number of aliphatic carboxylic acids is 1. The summed E-state index contributed by atoms with van der Waals surface area (Å²) < 4.78 is 0. The highest BCUT2D eigenvalue weighted by Crippen LogP contribution is 2.14. The number of carbonyl (C=O) groups is 2. The van der Waals surface area contributed by atoms with E-state index in [1.807, 2.05) is 12.3 Å². The Bertz CT molecular complexity index is 557. The normalized spacial score (nSPS) is 11.3. The van der Waals surface area contributed by atoms with Crippen LogP contribution in [-0.4, -0.2) is 42.2 Å². The van der Waals surface area contributed by atoms with Crippen molar-refractivity contribution in [3.8, 4) is 6.07 Å². The van der Waals surface area contributed by atoms with Gasteiger partial charge in [0.1, 0.15) is 6.04 Å². The molecule has 0 fully saturated rings. The van der Waals surface area contributed by atoms with Gasteiger partial charge < -0.3 is 10.4 Å². The summed E-state index contributed by atoms with van der Waals surface area (Å²) in [5.41, 5.74) is 0.963. The van der Waals surface area contributed by atoms with E-state index < -0.39 is 18.0 Å². The van der Waals surface area contributed by atoms with Gasteiger partial charge in [0.2, 0.25) is 0 Å². The molecule has 0 aromatic heterocycles. The van der Waals surface area contributed by atoms with Gasteiger partial charge in [-0.1, -0.05) is 6.07 Å². The van der Waals surface area contributed by atoms with Crippen LogP contribution in [0.5, 0.6) is 0 Å². The largest absolute Gasteiger partial charge is 0.480 e. The van der Waals surface area contributed by atoms with Crippen molar-refractivity contribution in [1.29, 1.82) is 5.26 Å². The quantitative estimate of drug-likeness (QED) is 0.837. The van der Waals surface area contributed by atoms with E-state index >= 15 is 0 Å². The van der Waals surface area contributed by atoms with Crippen molar-refractivity contribution in [2.75, 3.05) is 24.0 Å². The molecule has 0 aliphatic heterocycles. The third-order valence-corrected chi connectivity index (χ3v) is 3.52. The molecule has 1 aromatic carbocycles. The number of benzene rings is 1. The average Bonchev–Trinajstić information content (AvgIpc) is 2.50. The number of nitriles is 1. The van der Waals surface area contributed by atoms with Crippen molar-refractivity contribution in [1.82, 2.24) is 5.32 Å². The number of rotatable bonds is 6. The monoisotopic (exact) mass is 307 g/mol. The molecule has 2 N–H and O–H groups in total. The number of carboxylic acids is 1. The summed E-state index contributed by atoms with van der Waals surface area (Å²) in [6, 6.07) is 7.10. The smallest absolute Gasteiger partial charge is 0.326 e. The Hall–Kier alpha value is -2.20. The molecule has 1 atom stereocenters. The van der Waals surface area contributed by atoms with E-state index in [-0.39, 0.29) is 0 Å². The van der Waals surface area contributed by atoms with Crippen LogP contribution in [0.2, 0.25) is 0 Å². The first-order chi connectivity index (χ1) is 9.99. The Morgan fingerprint density at radius 3 is 2.81 bits per heavy atom. The molecule has 7 heteroatoms. The first kappa shape index (κ1) is 16.9. The summed E-state index contributed by atoms with van der Waals surface area (Å²) in [6.07, 6.45) is 2.23. The molecule has 0 spiro atoms. The molecule has 0 saturated heterocycles. The van der Waals surface area contributed by atoms with Crippen molar-refractivity contribution < 1.29 is 14.7 Å². The molecule has 2 amide bonds. The number of hydrogen-bond acceptors (Lipinski definition) is 4. The molecule has 6 nitrogen and oxygen atoms in total. The molecule has 0 aliphatic carbocycles. The molecule has 112 valence electrons. The number of hydrogen-bond donors (Lipinski definition) is 2. The highest BCUT2D eigenvalue weighted by atomic mass is 32.2. The van der Waals surface area contributed by atoms with Gasteiger partial charge in [0, 0.05) is 12.7 Å². The predicted octanol–water partition coefficient (Wildman–Crippen LogP) is 1.91. The number of urea groups is 1. The van der Waals surface area contributed by atoms with Crippen LogP contribution in [0.3, 0.4) is 0 Å². The van der Waals surface area contributed by atoms with Gasteiger partial charge in [-0.3, -0.25) is 4.90 Å². The number of carboxylic acid groups (broad SMARTS) is 1. The zero-order chi connectivity index (χ0) is 15.8. The van der Waals surface area contributed by atoms with Crippen LogP contribution < -0.4 is 10.2 Å². The fraction of sp³-hybridized carbons (Fsp3) is 0.357. The van der Waals surface area contributed by atoms with Gasteiger partial charge in [-0.2, -0.15) is 17.0 Å². The van der Waals surface area contributed by atoms with Crippen LogP contribution in [-0.2, 0) is 4.79 Å². The fourth-order valence-corrected chi connectivity index (χ4v) is 2.11. The molecule has 0 aliphatic rings. The van der Waals surface area contributed by atoms with Crippen molar-refractivity contribution in [2.45, 2.75) is 12.5 Å². The van der Waals surface area contributed by atoms with Crippen LogP contribution in [0.15, 0.2) is 24.3 Å². The second-order valence-electron chi connectivity index (χ2n) is 4.34. The van der Waals surface area contributed by atoms with Gasteiger partial charge >= 0.3 is 12.0 Å². The lowest BCUT2D eigenvalue weighted by molar-refractivity contribution is -0.139. The van der Waals surface area contributed by atoms with E-state index in [0.29, 0.717) is 23.4 Å². The zero-order valence-electron chi connectivity index (χ0n) is 11.9. The molecule has 1 aromatic rings. The predicted molar refractivity (Wildman–Crippen MR) is 82.5 cm³/mol. The van der Waals surface area contributed by atoms with Gasteiger partial charge in [0.05, 0.1) is 11.6 Å². The molecule has 0 bridgehead atoms. The van der Waals surface area contributed by atoms with E-state index in [2.05, 4.69) is 5.32 Å². The first-order valence-corrected chi connectivity index (χ1v) is 7.65. The van der Waals surface area contributed by atoms with Crippen LogP contribution >= 0.6 is 11.8 Å². The molecule has 0 unspecified atom stereocenters. The third-order valence-electron chi connectivity index (χ3n) is 2.87. The second-order valence-corrected chi connectivity index (χ2v) is 5.33. The van der Waals surface area contributed by atoms with Gasteiger partial charge in [-0.15, -0.1) is 0 Å². The first-order valence-electron chi connectivity index (χ1n) is 6.25. The Kier molecular flexibility index (Phi) is 6.56. The fourth-order valence-electron chi connectivity index (χ4n) is 1.64. The molecule has 1 rings (SSSR count). The molecule has 0 saturated carbocycles. The minimum absolute atomic E-state index is 0.355. The van der Waals surface area contributed by atoms with Crippen LogP contribution in [0, 0.1) is 11.3 Å². The van der Waals surface area contributed by atoms with Crippen LogP contribution in [0.25, 0.3) is 0 Å². The lowest BCUT2D eigenvalue weighted by Gasteiger charge is -2.21. The standard InChI is InChI=1S/C14H17N3O3S/c1-17(11-5-3-4-10(8-11)9-15)14(20)16-12(13(18)19)6-7-21-2/h3-5,8,12H,6-7H2,1-2H3,(H,16,20)(H,18,19)/t12-/m0/s1. The van der Waals surface area contributed by atoms with Crippen molar-refractivity contribution in [2.24, 2.45) is 0 Å². The van der Waals surface area contributed by atoms with Gasteiger partial charge in [-0.25, -0.2) is 9.59 Å². The Morgan fingerprint density at radius 2 is 2.24 bits per heavy atom. The van der Waals surface area contributed by atoms with Crippen LogP contribution in [0.4, 0.5) is 10.5 Å². The minimum atomic E-state index is -1.06. The highest BCUT2D eigenvalue weighted by Gasteiger charge is 2.21. The highest BCUT2D eigenvalue weighted by molar-refractivity contribution is 7.98. The topological polar surface area (TPSA) is 93.4 Å². The Morgan fingerprint density at radius 1 is 1.52 bits per heavy atom. The summed E-state index contributed by atoms with van der Waals surface area (Å²) in [4.78, 5) is 24.5. The van der Waals surface area contributed by atoms with Gasteiger partial charge in [-0.05, 0) is 36.6 Å². The maximum absolute atomic E-state index is 12.1. The lowest BCUT2D eigenvalue weighted by atomic mass is 10.2. The molecular formula is C14H17N3O3S. The number of nitrogens with zero attached hydrogens (tertiary/aromatic N) is 2. The second kappa shape index (κ2) is 8.17. The summed E-state index contributed by atoms with van der Waals surface area (Å²) in [5.74, 6) is -0.415. The summed E-state index contributed by atoms with van der Waals surface area (Å²) in [6.45, 7) is 0. The van der Waals surface area contributed by atoms with Crippen molar-refractivity contribution in [3.63, 3.8) is 0 Å². The summed E-state index contributed by atoms with van der Waals surface area (Å²) in [7, 11) is 1.53. The third kappa shape index (κ3) is 5.00. The number of anilines is 1. The SMILES string of the molecule is CSCC[C@H](NC(=O)N(C)c1cccc(C#N)c1)C(=O)O. The van der Waals surface area contributed by atoms with E-state index in [1.165, 1.54) is 23.7 Å². The van der Waals surface area contributed by atoms with Crippen molar-refractivity contribution in [3.05, 3.63) is 29.8 Å². The lowest BCUT2D eigenvalue weighted by Crippen LogP contribution is -2.47. The number of amides is 2. The van der Waals surface area contributed by atoms with Crippen LogP contribution in [0.1, 0.15) is 12.0 Å². The Balaban J connectivity index is 2.76. The molecule has 0 radical (unpaired) electrons. The van der Waals surface area contributed by atoms with E-state index in [0.717, 1.165) is 0 Å². The van der Waals surface area contributed by atoms with E-state index in [1.54, 1.807) is 24.3 Å². The van der Waals surface area contributed by atoms with Gasteiger partial charge in [0.15, 0.2) is 0 Å². The average molecular weight is 307 g/mol. The maximum atomic E-state index is 12.1. The summed E-state index contributed by atoms with van der Waals surface area (Å²) >= 11 is 1.52. The minimum Gasteiger partial charge on any atom is -0.480 e. The number of carbonyl (C=O) groups excluding carboxylic acids is 1. The Labute approximate surface area is 127 Å². The summed E-state index contributed by atoms with van der Waals surface area (Å²) in [5, 5.41) is 20.4. The molecule has 21 heavy (non-hydrogen) atoms. The van der Waals surface area contributed by atoms with Gasteiger partial charge in [0.25, 0.3) is 0 Å². The van der Waals surface area contributed by atoms with E-state index in [4.69, 9.17) is 10.4 Å². The number of thioether (sulfide) groups is 1. The van der Waals surface area contributed by atoms with Crippen molar-refractivity contribution >= 4 is 29.4 Å². The van der Waals surface area contributed by atoms with E-state index in [9.17, 15) is 9.59 Å². The molecule has 0 heterocycles. The number of nitrogens with one attached hydrogen (secondary N) is 1. The molecular weight excluding hydrogens is 290 g/mol. The maximum Gasteiger partial charge on any atom is 0.326 e.